The van der Waals surface area contributed by atoms with Gasteiger partial charge in [-0.1, -0.05) is 36.4 Å². The molecule has 0 radical (unpaired) electrons. The van der Waals surface area contributed by atoms with Gasteiger partial charge in [0.2, 0.25) is 0 Å². The number of pyridine rings is 1. The van der Waals surface area contributed by atoms with Gasteiger partial charge in [0, 0.05) is 22.6 Å². The third-order valence-electron chi connectivity index (χ3n) is 8.01. The van der Waals surface area contributed by atoms with E-state index in [-0.39, 0.29) is 11.2 Å². The highest BCUT2D eigenvalue weighted by molar-refractivity contribution is 6.65. The minimum Gasteiger partial charge on any atom is -0.399 e. The predicted molar refractivity (Wildman–Crippen MR) is 122 cm³/mol. The number of fused-ring (bicyclic) bond motifs is 6. The molecule has 1 saturated carbocycles. The molecule has 2 fully saturated rings. The summed E-state index contributed by atoms with van der Waals surface area (Å²) in [5.74, 6) is 1.54. The first-order chi connectivity index (χ1) is 14.3. The van der Waals surface area contributed by atoms with E-state index in [1.807, 2.05) is 6.20 Å². The fourth-order valence-corrected chi connectivity index (χ4v) is 5.60. The zero-order valence-corrected chi connectivity index (χ0v) is 18.2. The lowest BCUT2D eigenvalue weighted by atomic mass is 9.76. The summed E-state index contributed by atoms with van der Waals surface area (Å²) in [5, 5.41) is 2.32. The van der Waals surface area contributed by atoms with E-state index in [0.29, 0.717) is 0 Å². The molecule has 3 aromatic rings. The van der Waals surface area contributed by atoms with Crippen molar-refractivity contribution >= 4 is 23.4 Å². The van der Waals surface area contributed by atoms with Crippen LogP contribution in [-0.4, -0.2) is 23.3 Å². The van der Waals surface area contributed by atoms with Gasteiger partial charge in [0.15, 0.2) is 0 Å². The predicted octanol–water partition coefficient (Wildman–Crippen LogP) is 5.57. The van der Waals surface area contributed by atoms with Crippen LogP contribution in [0, 0.1) is 0 Å². The second-order valence-electron chi connectivity index (χ2n) is 10.2. The quantitative estimate of drug-likeness (QED) is 0.530. The van der Waals surface area contributed by atoms with Crippen molar-refractivity contribution in [1.29, 1.82) is 0 Å². The summed E-state index contributed by atoms with van der Waals surface area (Å²) in [5.41, 5.74) is 5.69. The maximum absolute atomic E-state index is 6.34. The number of rotatable bonds is 2. The van der Waals surface area contributed by atoms with Crippen molar-refractivity contribution in [1.82, 2.24) is 4.98 Å². The molecule has 3 aliphatic rings. The first-order valence-corrected chi connectivity index (χ1v) is 11.2. The van der Waals surface area contributed by atoms with E-state index in [4.69, 9.17) is 14.3 Å². The number of aromatic nitrogens is 1. The zero-order valence-electron chi connectivity index (χ0n) is 18.2. The first-order valence-electron chi connectivity index (χ1n) is 11.2. The maximum atomic E-state index is 6.34. The molecule has 30 heavy (non-hydrogen) atoms. The lowest BCUT2D eigenvalue weighted by molar-refractivity contribution is 0.00578. The van der Waals surface area contributed by atoms with Crippen molar-refractivity contribution in [2.45, 2.75) is 70.0 Å². The molecule has 4 heteroatoms. The summed E-state index contributed by atoms with van der Waals surface area (Å²) in [6.07, 6.45) is 6.00. The molecule has 0 N–H and O–H groups in total. The van der Waals surface area contributed by atoms with Gasteiger partial charge in [-0.2, -0.15) is 0 Å². The van der Waals surface area contributed by atoms with Crippen LogP contribution in [-0.2, 0) is 9.31 Å². The Balaban J connectivity index is 1.46. The lowest BCUT2D eigenvalue weighted by Crippen LogP contribution is -2.41. The van der Waals surface area contributed by atoms with E-state index >= 15 is 0 Å². The van der Waals surface area contributed by atoms with Crippen LogP contribution >= 0.6 is 0 Å². The molecule has 1 aliphatic heterocycles. The Morgan fingerprint density at radius 2 is 1.53 bits per heavy atom. The Labute approximate surface area is 179 Å². The Kier molecular flexibility index (Phi) is 3.83. The first kappa shape index (κ1) is 18.6. The summed E-state index contributed by atoms with van der Waals surface area (Å²) in [7, 11) is -0.405. The van der Waals surface area contributed by atoms with Crippen LogP contribution in [0.3, 0.4) is 0 Å². The monoisotopic (exact) mass is 397 g/mol. The van der Waals surface area contributed by atoms with Crippen LogP contribution in [0.15, 0.2) is 48.7 Å². The fourth-order valence-electron chi connectivity index (χ4n) is 5.60. The molecule has 2 aliphatic carbocycles. The van der Waals surface area contributed by atoms with Gasteiger partial charge in [0.05, 0.1) is 16.9 Å². The smallest absolute Gasteiger partial charge is 0.399 e. The van der Waals surface area contributed by atoms with Crippen molar-refractivity contribution in [3.8, 4) is 11.3 Å². The molecular formula is C26H28BNO2. The van der Waals surface area contributed by atoms with Crippen LogP contribution in [0.4, 0.5) is 0 Å². The minimum atomic E-state index is -0.405. The van der Waals surface area contributed by atoms with E-state index in [0.717, 1.165) is 33.8 Å². The second-order valence-corrected chi connectivity index (χ2v) is 10.2. The van der Waals surface area contributed by atoms with Crippen LogP contribution in [0.25, 0.3) is 22.0 Å². The minimum absolute atomic E-state index is 0.364. The average Bonchev–Trinajstić information content (AvgIpc) is 3.39. The van der Waals surface area contributed by atoms with Gasteiger partial charge < -0.3 is 9.31 Å². The van der Waals surface area contributed by atoms with Crippen molar-refractivity contribution in [3.05, 3.63) is 59.8 Å². The average molecular weight is 397 g/mol. The Bertz CT molecular complexity index is 1150. The summed E-state index contributed by atoms with van der Waals surface area (Å²) in [4.78, 5) is 4.94. The fraction of sp³-hybridized carbons (Fsp3) is 0.423. The molecule has 1 aromatic heterocycles. The molecule has 152 valence electrons. The summed E-state index contributed by atoms with van der Waals surface area (Å²) in [6, 6.07) is 15.5. The van der Waals surface area contributed by atoms with Gasteiger partial charge >= 0.3 is 7.12 Å². The number of hydrogen-bond acceptors (Lipinski definition) is 3. The number of benzene rings is 2. The number of hydrogen-bond donors (Lipinski definition) is 0. The molecule has 2 heterocycles. The van der Waals surface area contributed by atoms with Crippen molar-refractivity contribution < 1.29 is 9.31 Å². The van der Waals surface area contributed by atoms with Crippen molar-refractivity contribution in [3.63, 3.8) is 0 Å². The molecule has 6 rings (SSSR count). The standard InChI is InChI=1S/C26H28BNO2/c1-25(2)26(3,4)30-27(29-25)23-15-28-24(21-8-6-5-7-20(21)23)18-11-12-19-16-9-10-17(13-16)22(19)14-18/h5-8,11-12,14-17H,9-10,13H2,1-4H3. The van der Waals surface area contributed by atoms with Gasteiger partial charge in [-0.25, -0.2) is 0 Å². The zero-order chi connectivity index (χ0) is 20.7. The van der Waals surface area contributed by atoms with Crippen molar-refractivity contribution in [2.75, 3.05) is 0 Å². The van der Waals surface area contributed by atoms with Crippen LogP contribution < -0.4 is 5.46 Å². The highest BCUT2D eigenvalue weighted by Crippen LogP contribution is 2.53. The Hall–Kier alpha value is -2.17. The Morgan fingerprint density at radius 1 is 0.867 bits per heavy atom. The molecule has 1 saturated heterocycles. The molecule has 0 spiro atoms. The summed E-state index contributed by atoms with van der Waals surface area (Å²) in [6.45, 7) is 8.37. The molecule has 3 nitrogen and oxygen atoms in total. The topological polar surface area (TPSA) is 31.4 Å². The summed E-state index contributed by atoms with van der Waals surface area (Å²) < 4.78 is 12.7. The van der Waals surface area contributed by atoms with Gasteiger partial charge in [0.1, 0.15) is 0 Å². The highest BCUT2D eigenvalue weighted by atomic mass is 16.7. The van der Waals surface area contributed by atoms with Crippen LogP contribution in [0.1, 0.15) is 69.9 Å². The van der Waals surface area contributed by atoms with Gasteiger partial charge in [-0.15, -0.1) is 0 Å². The van der Waals surface area contributed by atoms with E-state index in [2.05, 4.69) is 70.2 Å². The van der Waals surface area contributed by atoms with E-state index in [1.165, 1.54) is 24.8 Å². The van der Waals surface area contributed by atoms with Crippen LogP contribution in [0.2, 0.25) is 0 Å². The SMILES string of the molecule is CC1(C)OB(c2cnc(-c3ccc4c(c3)C3CCC4C3)c3ccccc23)OC1(C)C. The highest BCUT2D eigenvalue weighted by Gasteiger charge is 2.52. The van der Waals surface area contributed by atoms with Gasteiger partial charge in [0.25, 0.3) is 0 Å². The third kappa shape index (κ3) is 2.56. The lowest BCUT2D eigenvalue weighted by Gasteiger charge is -2.32. The van der Waals surface area contributed by atoms with Crippen molar-refractivity contribution in [2.24, 2.45) is 0 Å². The van der Waals surface area contributed by atoms with Gasteiger partial charge in [-0.3, -0.25) is 4.98 Å². The molecule has 2 aromatic carbocycles. The largest absolute Gasteiger partial charge is 0.497 e. The normalized spacial score (nSPS) is 25.8. The van der Waals surface area contributed by atoms with E-state index in [9.17, 15) is 0 Å². The summed E-state index contributed by atoms with van der Waals surface area (Å²) >= 11 is 0. The Morgan fingerprint density at radius 3 is 2.27 bits per heavy atom. The molecular weight excluding hydrogens is 369 g/mol. The maximum Gasteiger partial charge on any atom is 0.497 e. The van der Waals surface area contributed by atoms with E-state index < -0.39 is 7.12 Å². The molecule has 2 atom stereocenters. The van der Waals surface area contributed by atoms with Gasteiger partial charge in [-0.05, 0) is 81.4 Å². The number of nitrogens with zero attached hydrogens (tertiary/aromatic N) is 1. The molecule has 2 unspecified atom stereocenters. The molecule has 2 bridgehead atoms. The molecule has 0 amide bonds. The van der Waals surface area contributed by atoms with E-state index in [1.54, 1.807) is 11.1 Å². The second kappa shape index (κ2) is 6.18. The van der Waals surface area contributed by atoms with Crippen LogP contribution in [0.5, 0.6) is 0 Å². The third-order valence-corrected chi connectivity index (χ3v) is 8.01.